The third kappa shape index (κ3) is 4.30. The van der Waals surface area contributed by atoms with Crippen LogP contribution < -0.4 is 5.32 Å². The third-order valence-electron chi connectivity index (χ3n) is 3.51. The van der Waals surface area contributed by atoms with Gasteiger partial charge in [-0.1, -0.05) is 29.8 Å². The van der Waals surface area contributed by atoms with Gasteiger partial charge < -0.3 is 14.6 Å². The fourth-order valence-corrected chi connectivity index (χ4v) is 2.71. The summed E-state index contributed by atoms with van der Waals surface area (Å²) in [5.41, 5.74) is 1.72. The number of amides is 1. The van der Waals surface area contributed by atoms with Crippen molar-refractivity contribution in [3.8, 4) is 0 Å². The summed E-state index contributed by atoms with van der Waals surface area (Å²) in [6, 6.07) is 3.51. The molecule has 0 radical (unpaired) electrons. The van der Waals surface area contributed by atoms with Crippen LogP contribution in [0.2, 0.25) is 10.0 Å². The standard InChI is InChI=1S/C17H18Cl2N2O3/c1-3-16(22)20-9-11-10-21(6-5-17(23)24-4-2)15-8-14(19)13(18)7-12(11)15/h3,7-8,10H,1,4-6,9H2,2H3,(H,20,22). The number of aromatic nitrogens is 1. The van der Waals surface area contributed by atoms with E-state index in [-0.39, 0.29) is 18.3 Å². The molecule has 1 aromatic heterocycles. The number of fused-ring (bicyclic) bond motifs is 1. The fourth-order valence-electron chi connectivity index (χ4n) is 2.38. The number of carbonyl (C=O) groups is 2. The molecule has 1 heterocycles. The summed E-state index contributed by atoms with van der Waals surface area (Å²) in [5.74, 6) is -0.525. The number of ether oxygens (including phenoxy) is 1. The van der Waals surface area contributed by atoms with Crippen LogP contribution in [0.15, 0.2) is 31.0 Å². The largest absolute Gasteiger partial charge is 0.466 e. The SMILES string of the molecule is C=CC(=O)NCc1cn(CCC(=O)OCC)c2cc(Cl)c(Cl)cc12. The highest BCUT2D eigenvalue weighted by atomic mass is 35.5. The Bertz CT molecular complexity index is 784. The highest BCUT2D eigenvalue weighted by Crippen LogP contribution is 2.31. The number of halogens is 2. The van der Waals surface area contributed by atoms with Crippen LogP contribution in [0.25, 0.3) is 10.9 Å². The molecule has 0 unspecified atom stereocenters. The molecule has 0 saturated carbocycles. The zero-order chi connectivity index (χ0) is 17.7. The molecule has 1 N–H and O–H groups in total. The lowest BCUT2D eigenvalue weighted by Crippen LogP contribution is -2.19. The molecule has 1 amide bonds. The lowest BCUT2D eigenvalue weighted by atomic mass is 10.2. The first-order valence-electron chi connectivity index (χ1n) is 7.49. The lowest BCUT2D eigenvalue weighted by molar-refractivity contribution is -0.143. The van der Waals surface area contributed by atoms with E-state index in [0.29, 0.717) is 29.7 Å². The van der Waals surface area contributed by atoms with Crippen LogP contribution in [-0.4, -0.2) is 23.1 Å². The maximum Gasteiger partial charge on any atom is 0.307 e. The van der Waals surface area contributed by atoms with Crippen LogP contribution in [0, 0.1) is 0 Å². The van der Waals surface area contributed by atoms with Gasteiger partial charge in [0.2, 0.25) is 5.91 Å². The maximum absolute atomic E-state index is 11.6. The molecule has 2 aromatic rings. The minimum Gasteiger partial charge on any atom is -0.466 e. The van der Waals surface area contributed by atoms with Crippen LogP contribution >= 0.6 is 23.2 Å². The van der Waals surface area contributed by atoms with Crippen molar-refractivity contribution in [2.24, 2.45) is 0 Å². The van der Waals surface area contributed by atoms with Crippen molar-refractivity contribution in [1.82, 2.24) is 9.88 Å². The number of aryl methyl sites for hydroxylation is 1. The Morgan fingerprint density at radius 3 is 2.71 bits per heavy atom. The van der Waals surface area contributed by atoms with Crippen molar-refractivity contribution in [2.45, 2.75) is 26.4 Å². The molecule has 0 saturated heterocycles. The average molecular weight is 369 g/mol. The van der Waals surface area contributed by atoms with Gasteiger partial charge in [0, 0.05) is 30.2 Å². The van der Waals surface area contributed by atoms with Gasteiger partial charge in [0.25, 0.3) is 0 Å². The molecule has 0 spiro atoms. The second-order valence-electron chi connectivity index (χ2n) is 5.11. The molecular weight excluding hydrogens is 351 g/mol. The van der Waals surface area contributed by atoms with Crippen molar-refractivity contribution < 1.29 is 14.3 Å². The van der Waals surface area contributed by atoms with Crippen molar-refractivity contribution >= 4 is 46.0 Å². The summed E-state index contributed by atoms with van der Waals surface area (Å²) in [6.07, 6.45) is 3.33. The number of benzene rings is 1. The van der Waals surface area contributed by atoms with Gasteiger partial charge in [0.1, 0.15) is 0 Å². The second kappa shape index (κ2) is 8.22. The van der Waals surface area contributed by atoms with Gasteiger partial charge in [-0.05, 0) is 30.7 Å². The van der Waals surface area contributed by atoms with Crippen molar-refractivity contribution in [3.63, 3.8) is 0 Å². The first-order chi connectivity index (χ1) is 11.5. The molecule has 0 aliphatic rings. The number of carbonyl (C=O) groups excluding carboxylic acids is 2. The topological polar surface area (TPSA) is 60.3 Å². The zero-order valence-electron chi connectivity index (χ0n) is 13.3. The molecule has 7 heteroatoms. The predicted molar refractivity (Wildman–Crippen MR) is 95.3 cm³/mol. The summed E-state index contributed by atoms with van der Waals surface area (Å²) in [5, 5.41) is 4.47. The van der Waals surface area contributed by atoms with Gasteiger partial charge in [-0.3, -0.25) is 9.59 Å². The minimum absolute atomic E-state index is 0.246. The van der Waals surface area contributed by atoms with E-state index in [1.165, 1.54) is 6.08 Å². The lowest BCUT2D eigenvalue weighted by Gasteiger charge is -2.06. The molecular formula is C17H18Cl2N2O3. The Labute approximate surface area is 150 Å². The monoisotopic (exact) mass is 368 g/mol. The van der Waals surface area contributed by atoms with Gasteiger partial charge in [-0.15, -0.1) is 0 Å². The van der Waals surface area contributed by atoms with Crippen LogP contribution in [0.4, 0.5) is 0 Å². The van der Waals surface area contributed by atoms with Crippen LogP contribution in [0.1, 0.15) is 18.9 Å². The van der Waals surface area contributed by atoms with E-state index < -0.39 is 0 Å². The normalized spacial score (nSPS) is 10.6. The molecule has 128 valence electrons. The van der Waals surface area contributed by atoms with Crippen LogP contribution in [0.3, 0.4) is 0 Å². The van der Waals surface area contributed by atoms with Crippen molar-refractivity contribution in [3.05, 3.63) is 46.6 Å². The Morgan fingerprint density at radius 2 is 2.04 bits per heavy atom. The molecule has 24 heavy (non-hydrogen) atoms. The number of nitrogens with zero attached hydrogens (tertiary/aromatic N) is 1. The summed E-state index contributed by atoms with van der Waals surface area (Å²) >= 11 is 12.2. The van der Waals surface area contributed by atoms with Gasteiger partial charge in [-0.25, -0.2) is 0 Å². The summed E-state index contributed by atoms with van der Waals surface area (Å²) in [7, 11) is 0. The third-order valence-corrected chi connectivity index (χ3v) is 4.23. The average Bonchev–Trinajstić information content (AvgIpc) is 2.88. The van der Waals surface area contributed by atoms with Crippen LogP contribution in [0.5, 0.6) is 0 Å². The fraction of sp³-hybridized carbons (Fsp3) is 0.294. The highest BCUT2D eigenvalue weighted by Gasteiger charge is 2.13. The van der Waals surface area contributed by atoms with Crippen LogP contribution in [-0.2, 0) is 27.4 Å². The van der Waals surface area contributed by atoms with Gasteiger partial charge in [-0.2, -0.15) is 0 Å². The first kappa shape index (κ1) is 18.4. The van der Waals surface area contributed by atoms with Gasteiger partial charge >= 0.3 is 5.97 Å². The summed E-state index contributed by atoms with van der Waals surface area (Å²) in [4.78, 5) is 23.0. The summed E-state index contributed by atoms with van der Waals surface area (Å²) in [6.45, 7) is 6.32. The molecule has 0 bridgehead atoms. The molecule has 2 rings (SSSR count). The van der Waals surface area contributed by atoms with E-state index in [1.54, 1.807) is 19.1 Å². The second-order valence-corrected chi connectivity index (χ2v) is 5.92. The Balaban J connectivity index is 2.32. The maximum atomic E-state index is 11.6. The highest BCUT2D eigenvalue weighted by molar-refractivity contribution is 6.42. The van der Waals surface area contributed by atoms with E-state index in [0.717, 1.165) is 16.5 Å². The molecule has 5 nitrogen and oxygen atoms in total. The molecule has 1 aromatic carbocycles. The van der Waals surface area contributed by atoms with Crippen molar-refractivity contribution in [2.75, 3.05) is 6.61 Å². The van der Waals surface area contributed by atoms with Gasteiger partial charge in [0.05, 0.1) is 23.1 Å². The van der Waals surface area contributed by atoms with E-state index in [1.807, 2.05) is 10.8 Å². The number of esters is 1. The number of rotatable bonds is 7. The Hall–Kier alpha value is -1.98. The predicted octanol–water partition coefficient (Wildman–Crippen LogP) is 3.70. The Morgan fingerprint density at radius 1 is 1.33 bits per heavy atom. The Kier molecular flexibility index (Phi) is 6.29. The molecule has 0 atom stereocenters. The summed E-state index contributed by atoms with van der Waals surface area (Å²) < 4.78 is 6.86. The van der Waals surface area contributed by atoms with E-state index >= 15 is 0 Å². The molecule has 0 aliphatic carbocycles. The van der Waals surface area contributed by atoms with E-state index in [2.05, 4.69) is 11.9 Å². The first-order valence-corrected chi connectivity index (χ1v) is 8.24. The van der Waals surface area contributed by atoms with Crippen molar-refractivity contribution in [1.29, 1.82) is 0 Å². The van der Waals surface area contributed by atoms with E-state index in [9.17, 15) is 9.59 Å². The van der Waals surface area contributed by atoms with E-state index in [4.69, 9.17) is 27.9 Å². The quantitative estimate of drug-likeness (QED) is 0.598. The minimum atomic E-state index is -0.263. The van der Waals surface area contributed by atoms with Gasteiger partial charge in [0.15, 0.2) is 0 Å². The zero-order valence-corrected chi connectivity index (χ0v) is 14.8. The number of hydrogen-bond acceptors (Lipinski definition) is 3. The smallest absolute Gasteiger partial charge is 0.307 e. The molecule has 0 fully saturated rings. The number of nitrogens with one attached hydrogen (secondary N) is 1. The molecule has 0 aliphatic heterocycles. The number of hydrogen-bond donors (Lipinski definition) is 1.